The summed E-state index contributed by atoms with van der Waals surface area (Å²) in [4.78, 5) is 0.342. The number of hydrogen-bond donors (Lipinski definition) is 1. The average Bonchev–Trinajstić information content (AvgIpc) is 3.07. The number of thiol groups is 1. The molecule has 0 spiro atoms. The molecule has 2 heterocycles. The topological polar surface area (TPSA) is 27.7 Å². The number of benzene rings is 2. The zero-order valence-electron chi connectivity index (χ0n) is 15.2. The Hall–Kier alpha value is -1.84. The summed E-state index contributed by atoms with van der Waals surface area (Å²) in [6.07, 6.45) is -5.17. The Balaban J connectivity index is 1.57. The quantitative estimate of drug-likeness (QED) is 0.514. The molecule has 156 valence electrons. The number of halogens is 5. The second-order valence-corrected chi connectivity index (χ2v) is 7.74. The zero-order chi connectivity index (χ0) is 21.0. The van der Waals surface area contributed by atoms with E-state index in [1.807, 2.05) is 0 Å². The first kappa shape index (κ1) is 20.4. The van der Waals surface area contributed by atoms with E-state index in [9.17, 15) is 22.0 Å². The van der Waals surface area contributed by atoms with Crippen LogP contribution in [0.5, 0.6) is 5.75 Å². The molecular formula is C20H17F5O3S. The van der Waals surface area contributed by atoms with Crippen molar-refractivity contribution in [3.63, 3.8) is 0 Å². The van der Waals surface area contributed by atoms with Crippen LogP contribution < -0.4 is 4.74 Å². The number of hydrogen-bond acceptors (Lipinski definition) is 4. The van der Waals surface area contributed by atoms with Crippen molar-refractivity contribution in [1.29, 1.82) is 0 Å². The summed E-state index contributed by atoms with van der Waals surface area (Å²) in [6, 6.07) is 5.22. The van der Waals surface area contributed by atoms with Gasteiger partial charge in [0.2, 0.25) is 0 Å². The third-order valence-electron chi connectivity index (χ3n) is 5.38. The largest absolute Gasteiger partial charge is 0.490 e. The SMILES string of the molecule is CC1([C@@H]2COc3c(F)ccc(F)c3C2)OCC(c2cc(C(F)(F)F)ccc2S)O1. The van der Waals surface area contributed by atoms with Crippen LogP contribution in [-0.2, 0) is 22.1 Å². The molecular weight excluding hydrogens is 415 g/mol. The highest BCUT2D eigenvalue weighted by molar-refractivity contribution is 7.80. The van der Waals surface area contributed by atoms with Crippen LogP contribution in [-0.4, -0.2) is 19.0 Å². The molecule has 0 radical (unpaired) electrons. The van der Waals surface area contributed by atoms with E-state index < -0.39 is 41.2 Å². The molecule has 1 fully saturated rings. The lowest BCUT2D eigenvalue weighted by Crippen LogP contribution is -2.43. The summed E-state index contributed by atoms with van der Waals surface area (Å²) in [7, 11) is 0. The number of fused-ring (bicyclic) bond motifs is 1. The first-order valence-electron chi connectivity index (χ1n) is 8.90. The predicted octanol–water partition coefficient (Wildman–Crippen LogP) is 5.33. The van der Waals surface area contributed by atoms with Gasteiger partial charge >= 0.3 is 6.18 Å². The summed E-state index contributed by atoms with van der Waals surface area (Å²) >= 11 is 4.24. The van der Waals surface area contributed by atoms with Gasteiger partial charge in [-0.05, 0) is 49.2 Å². The Labute approximate surface area is 169 Å². The van der Waals surface area contributed by atoms with Crippen LogP contribution in [0.1, 0.15) is 29.7 Å². The average molecular weight is 432 g/mol. The number of rotatable bonds is 2. The van der Waals surface area contributed by atoms with Crippen molar-refractivity contribution in [1.82, 2.24) is 0 Å². The first-order chi connectivity index (χ1) is 13.6. The molecule has 3 nitrogen and oxygen atoms in total. The molecule has 2 aliphatic heterocycles. The van der Waals surface area contributed by atoms with Crippen molar-refractivity contribution < 1.29 is 36.2 Å². The van der Waals surface area contributed by atoms with Gasteiger partial charge in [-0.15, -0.1) is 12.6 Å². The second-order valence-electron chi connectivity index (χ2n) is 7.25. The van der Waals surface area contributed by atoms with Crippen molar-refractivity contribution in [2.24, 2.45) is 5.92 Å². The van der Waals surface area contributed by atoms with E-state index in [2.05, 4.69) is 12.6 Å². The molecule has 0 amide bonds. The van der Waals surface area contributed by atoms with E-state index in [-0.39, 0.29) is 36.5 Å². The van der Waals surface area contributed by atoms with E-state index in [1.165, 1.54) is 6.07 Å². The zero-order valence-corrected chi connectivity index (χ0v) is 16.1. The third kappa shape index (κ3) is 3.71. The molecule has 0 bridgehead atoms. The lowest BCUT2D eigenvalue weighted by molar-refractivity contribution is -0.200. The van der Waals surface area contributed by atoms with Crippen LogP contribution in [0, 0.1) is 17.6 Å². The molecule has 2 aromatic carbocycles. The minimum absolute atomic E-state index is 0.000358. The smallest absolute Gasteiger partial charge is 0.416 e. The summed E-state index contributed by atoms with van der Waals surface area (Å²) < 4.78 is 84.4. The first-order valence-corrected chi connectivity index (χ1v) is 9.35. The van der Waals surface area contributed by atoms with E-state index in [4.69, 9.17) is 14.2 Å². The van der Waals surface area contributed by atoms with Gasteiger partial charge in [-0.2, -0.15) is 13.2 Å². The van der Waals surface area contributed by atoms with Crippen LogP contribution in [0.2, 0.25) is 0 Å². The molecule has 3 atom stereocenters. The Morgan fingerprint density at radius 3 is 2.52 bits per heavy atom. The Bertz CT molecular complexity index is 948. The van der Waals surface area contributed by atoms with Gasteiger partial charge in [0, 0.05) is 10.5 Å². The van der Waals surface area contributed by atoms with Gasteiger partial charge in [0.1, 0.15) is 11.9 Å². The van der Waals surface area contributed by atoms with Crippen LogP contribution >= 0.6 is 12.6 Å². The molecule has 4 rings (SSSR count). The van der Waals surface area contributed by atoms with Crippen LogP contribution in [0.15, 0.2) is 35.2 Å². The highest BCUT2D eigenvalue weighted by Crippen LogP contribution is 2.45. The van der Waals surface area contributed by atoms with Crippen LogP contribution in [0.4, 0.5) is 22.0 Å². The maximum absolute atomic E-state index is 14.1. The monoisotopic (exact) mass is 432 g/mol. The fourth-order valence-corrected chi connectivity index (χ4v) is 3.98. The maximum atomic E-state index is 14.1. The Kier molecular flexibility index (Phi) is 5.03. The second kappa shape index (κ2) is 7.14. The standard InChI is InChI=1S/C20H17F5O3S/c1-19(11-7-12-14(21)3-4-15(22)18(12)26-8-11)27-9-16(28-19)13-6-10(20(23,24)25)2-5-17(13)29/h2-6,11,16,29H,7-9H2,1H3/t11-,16?,19?/m0/s1. The van der Waals surface area contributed by atoms with E-state index in [1.54, 1.807) is 6.92 Å². The van der Waals surface area contributed by atoms with Gasteiger partial charge in [-0.1, -0.05) is 0 Å². The molecule has 9 heteroatoms. The fraction of sp³-hybridized carbons (Fsp3) is 0.400. The number of alkyl halides is 3. The van der Waals surface area contributed by atoms with Gasteiger partial charge in [0.15, 0.2) is 17.4 Å². The van der Waals surface area contributed by atoms with Crippen molar-refractivity contribution in [2.75, 3.05) is 13.2 Å². The molecule has 29 heavy (non-hydrogen) atoms. The van der Waals surface area contributed by atoms with Crippen molar-refractivity contribution in [2.45, 2.75) is 36.3 Å². The lowest BCUT2D eigenvalue weighted by Gasteiger charge is -2.36. The third-order valence-corrected chi connectivity index (χ3v) is 5.78. The molecule has 0 saturated carbocycles. The highest BCUT2D eigenvalue weighted by atomic mass is 32.1. The Morgan fingerprint density at radius 1 is 1.07 bits per heavy atom. The summed E-state index contributed by atoms with van der Waals surface area (Å²) in [5, 5.41) is 0. The Morgan fingerprint density at radius 2 is 1.79 bits per heavy atom. The predicted molar refractivity (Wildman–Crippen MR) is 95.9 cm³/mol. The summed E-state index contributed by atoms with van der Waals surface area (Å²) in [5.74, 6) is -3.10. The number of ether oxygens (including phenoxy) is 3. The molecule has 0 aromatic heterocycles. The van der Waals surface area contributed by atoms with Gasteiger partial charge in [0.25, 0.3) is 0 Å². The van der Waals surface area contributed by atoms with Gasteiger partial charge in [-0.3, -0.25) is 0 Å². The van der Waals surface area contributed by atoms with Crippen molar-refractivity contribution >= 4 is 12.6 Å². The van der Waals surface area contributed by atoms with E-state index in [0.29, 0.717) is 4.90 Å². The van der Waals surface area contributed by atoms with Crippen LogP contribution in [0.3, 0.4) is 0 Å². The van der Waals surface area contributed by atoms with E-state index >= 15 is 0 Å². The van der Waals surface area contributed by atoms with Gasteiger partial charge < -0.3 is 14.2 Å². The van der Waals surface area contributed by atoms with Crippen molar-refractivity contribution in [3.8, 4) is 5.75 Å². The lowest BCUT2D eigenvalue weighted by atomic mass is 9.90. The summed E-state index contributed by atoms with van der Waals surface area (Å²) in [6.45, 7) is 1.64. The molecule has 2 aromatic rings. The van der Waals surface area contributed by atoms with Gasteiger partial charge in [-0.25, -0.2) is 8.78 Å². The summed E-state index contributed by atoms with van der Waals surface area (Å²) in [5.41, 5.74) is -0.469. The minimum atomic E-state index is -4.50. The van der Waals surface area contributed by atoms with E-state index in [0.717, 1.165) is 24.3 Å². The molecule has 1 saturated heterocycles. The molecule has 2 unspecified atom stereocenters. The maximum Gasteiger partial charge on any atom is 0.416 e. The fourth-order valence-electron chi connectivity index (χ4n) is 3.70. The van der Waals surface area contributed by atoms with Crippen molar-refractivity contribution in [3.05, 3.63) is 58.7 Å². The molecule has 0 N–H and O–H groups in total. The minimum Gasteiger partial charge on any atom is -0.490 e. The normalized spacial score (nSPS) is 26.9. The molecule has 0 aliphatic carbocycles. The molecule has 2 aliphatic rings. The van der Waals surface area contributed by atoms with Crippen LogP contribution in [0.25, 0.3) is 0 Å². The highest BCUT2D eigenvalue weighted by Gasteiger charge is 2.47. The van der Waals surface area contributed by atoms with Gasteiger partial charge in [0.05, 0.1) is 24.7 Å².